The molecule has 0 radical (unpaired) electrons. The van der Waals surface area contributed by atoms with Gasteiger partial charge in [0.25, 0.3) is 0 Å². The van der Waals surface area contributed by atoms with Crippen molar-refractivity contribution in [2.45, 2.75) is 50.8 Å². The van der Waals surface area contributed by atoms with Crippen molar-refractivity contribution in [3.8, 4) is 0 Å². The van der Waals surface area contributed by atoms with Crippen LogP contribution >= 0.6 is 11.3 Å². The largest absolute Gasteiger partial charge is 0.378 e. The van der Waals surface area contributed by atoms with Crippen LogP contribution in [0.4, 0.5) is 0 Å². The Balaban J connectivity index is 1.60. The van der Waals surface area contributed by atoms with Crippen LogP contribution in [-0.2, 0) is 4.74 Å². The molecule has 1 aromatic rings. The van der Waals surface area contributed by atoms with E-state index in [2.05, 4.69) is 21.7 Å². The zero-order chi connectivity index (χ0) is 13.9. The first kappa shape index (κ1) is 13.9. The summed E-state index contributed by atoms with van der Waals surface area (Å²) in [5, 5.41) is 4.36. The van der Waals surface area contributed by atoms with Gasteiger partial charge in [0.05, 0.1) is 18.2 Å². The third kappa shape index (κ3) is 2.83. The molecular formula is C15H23N3OS. The molecule has 20 heavy (non-hydrogen) atoms. The van der Waals surface area contributed by atoms with Crippen LogP contribution in [0.15, 0.2) is 21.8 Å². The molecule has 1 aliphatic heterocycles. The first-order valence-corrected chi connectivity index (χ1v) is 8.45. The molecule has 2 fully saturated rings. The van der Waals surface area contributed by atoms with Crippen molar-refractivity contribution in [1.29, 1.82) is 0 Å². The number of aliphatic imine (C=N–C) groups is 1. The highest BCUT2D eigenvalue weighted by Gasteiger charge is 2.32. The van der Waals surface area contributed by atoms with Gasteiger partial charge in [-0.2, -0.15) is 11.3 Å². The van der Waals surface area contributed by atoms with Gasteiger partial charge >= 0.3 is 0 Å². The second-order valence-electron chi connectivity index (χ2n) is 5.60. The van der Waals surface area contributed by atoms with Gasteiger partial charge in [0.2, 0.25) is 0 Å². The second-order valence-corrected chi connectivity index (χ2v) is 6.38. The predicted octanol–water partition coefficient (Wildman–Crippen LogP) is 2.77. The lowest BCUT2D eigenvalue weighted by Gasteiger charge is -2.34. The van der Waals surface area contributed by atoms with Crippen LogP contribution in [-0.4, -0.2) is 36.2 Å². The molecule has 2 N–H and O–H groups in total. The van der Waals surface area contributed by atoms with E-state index < -0.39 is 0 Å². The van der Waals surface area contributed by atoms with E-state index in [0.717, 1.165) is 32.0 Å². The number of hydrogen-bond acceptors (Lipinski definition) is 3. The van der Waals surface area contributed by atoms with E-state index >= 15 is 0 Å². The van der Waals surface area contributed by atoms with Crippen LogP contribution in [0.1, 0.15) is 44.2 Å². The van der Waals surface area contributed by atoms with Gasteiger partial charge in [0, 0.05) is 13.2 Å². The van der Waals surface area contributed by atoms with Crippen LogP contribution in [0, 0.1) is 0 Å². The minimum atomic E-state index is 0.357. The SMILES string of the molecule is CCOC1CC(N=C(N)N2CCCC2c2ccsc2)C1. The number of guanidine groups is 1. The number of rotatable bonds is 4. The zero-order valence-corrected chi connectivity index (χ0v) is 12.8. The molecule has 5 heteroatoms. The molecule has 1 atom stereocenters. The lowest BCUT2D eigenvalue weighted by Crippen LogP contribution is -2.41. The summed E-state index contributed by atoms with van der Waals surface area (Å²) >= 11 is 1.75. The van der Waals surface area contributed by atoms with E-state index in [0.29, 0.717) is 18.2 Å². The van der Waals surface area contributed by atoms with Crippen molar-refractivity contribution < 1.29 is 4.74 Å². The fraction of sp³-hybridized carbons (Fsp3) is 0.667. The summed E-state index contributed by atoms with van der Waals surface area (Å²) in [6, 6.07) is 2.98. The van der Waals surface area contributed by atoms with Gasteiger partial charge < -0.3 is 15.4 Å². The van der Waals surface area contributed by atoms with Gasteiger partial charge in [0.15, 0.2) is 5.96 Å². The molecule has 4 nitrogen and oxygen atoms in total. The topological polar surface area (TPSA) is 50.9 Å². The Kier molecular flexibility index (Phi) is 4.27. The van der Waals surface area contributed by atoms with Crippen molar-refractivity contribution in [3.63, 3.8) is 0 Å². The van der Waals surface area contributed by atoms with E-state index in [9.17, 15) is 0 Å². The molecule has 0 spiro atoms. The summed E-state index contributed by atoms with van der Waals surface area (Å²) in [6.45, 7) is 3.86. The van der Waals surface area contributed by atoms with Crippen LogP contribution in [0.5, 0.6) is 0 Å². The van der Waals surface area contributed by atoms with Gasteiger partial charge in [0.1, 0.15) is 0 Å². The number of nitrogens with two attached hydrogens (primary N) is 1. The number of ether oxygens (including phenoxy) is 1. The average molecular weight is 293 g/mol. The summed E-state index contributed by atoms with van der Waals surface area (Å²) < 4.78 is 5.57. The lowest BCUT2D eigenvalue weighted by molar-refractivity contribution is -0.000965. The third-order valence-corrected chi connectivity index (χ3v) is 4.96. The molecule has 110 valence electrons. The number of likely N-dealkylation sites (tertiary alicyclic amines) is 1. The summed E-state index contributed by atoms with van der Waals surface area (Å²) in [5.41, 5.74) is 7.62. The van der Waals surface area contributed by atoms with E-state index in [1.54, 1.807) is 11.3 Å². The van der Waals surface area contributed by atoms with Crippen molar-refractivity contribution in [2.75, 3.05) is 13.2 Å². The molecule has 1 saturated carbocycles. The van der Waals surface area contributed by atoms with E-state index in [1.165, 1.54) is 18.4 Å². The highest BCUT2D eigenvalue weighted by Crippen LogP contribution is 2.33. The molecule has 3 rings (SSSR count). The quantitative estimate of drug-likeness (QED) is 0.686. The van der Waals surface area contributed by atoms with E-state index in [1.807, 2.05) is 6.92 Å². The number of hydrogen-bond donors (Lipinski definition) is 1. The molecule has 0 bridgehead atoms. The minimum absolute atomic E-state index is 0.357. The van der Waals surface area contributed by atoms with Gasteiger partial charge in [-0.1, -0.05) is 0 Å². The lowest BCUT2D eigenvalue weighted by atomic mass is 9.90. The second kappa shape index (κ2) is 6.14. The van der Waals surface area contributed by atoms with Crippen LogP contribution < -0.4 is 5.73 Å². The standard InChI is InChI=1S/C15H23N3OS/c1-2-19-13-8-12(9-13)17-15(16)18-6-3-4-14(18)11-5-7-20-10-11/h5,7,10,12-14H,2-4,6,8-9H2,1H3,(H2,16,17). The molecule has 0 amide bonds. The molecule has 1 aromatic heterocycles. The summed E-state index contributed by atoms with van der Waals surface area (Å²) in [7, 11) is 0. The molecule has 2 aliphatic rings. The summed E-state index contributed by atoms with van der Waals surface area (Å²) in [5.74, 6) is 0.721. The van der Waals surface area contributed by atoms with Crippen molar-refractivity contribution in [1.82, 2.24) is 4.90 Å². The fourth-order valence-corrected chi connectivity index (χ4v) is 3.84. The van der Waals surface area contributed by atoms with Crippen molar-refractivity contribution in [3.05, 3.63) is 22.4 Å². The summed E-state index contributed by atoms with van der Waals surface area (Å²) in [4.78, 5) is 6.97. The van der Waals surface area contributed by atoms with Crippen LogP contribution in [0.3, 0.4) is 0 Å². The normalized spacial score (nSPS) is 30.6. The number of thiophene rings is 1. The minimum Gasteiger partial charge on any atom is -0.378 e. The Hall–Kier alpha value is -1.07. The molecule has 1 unspecified atom stereocenters. The molecule has 0 aromatic carbocycles. The maximum Gasteiger partial charge on any atom is 0.192 e. The molecule has 2 heterocycles. The Labute approximate surface area is 124 Å². The molecular weight excluding hydrogens is 270 g/mol. The van der Waals surface area contributed by atoms with Gasteiger partial charge in [-0.05, 0) is 55.0 Å². The Morgan fingerprint density at radius 3 is 3.10 bits per heavy atom. The Bertz CT molecular complexity index is 454. The van der Waals surface area contributed by atoms with Gasteiger partial charge in [-0.25, -0.2) is 4.99 Å². The van der Waals surface area contributed by atoms with E-state index in [4.69, 9.17) is 15.5 Å². The number of nitrogens with zero attached hydrogens (tertiary/aromatic N) is 2. The van der Waals surface area contributed by atoms with E-state index in [-0.39, 0.29) is 0 Å². The Morgan fingerprint density at radius 1 is 1.55 bits per heavy atom. The molecule has 1 saturated heterocycles. The Morgan fingerprint density at radius 2 is 2.40 bits per heavy atom. The third-order valence-electron chi connectivity index (χ3n) is 4.26. The maximum absolute atomic E-state index is 6.24. The smallest absolute Gasteiger partial charge is 0.192 e. The molecule has 1 aliphatic carbocycles. The highest BCUT2D eigenvalue weighted by molar-refractivity contribution is 7.07. The fourth-order valence-electron chi connectivity index (χ4n) is 3.13. The monoisotopic (exact) mass is 293 g/mol. The van der Waals surface area contributed by atoms with Crippen molar-refractivity contribution in [2.24, 2.45) is 10.7 Å². The maximum atomic E-state index is 6.24. The average Bonchev–Trinajstić information content (AvgIpc) is 3.06. The zero-order valence-electron chi connectivity index (χ0n) is 12.0. The first-order chi connectivity index (χ1) is 9.78. The van der Waals surface area contributed by atoms with Crippen LogP contribution in [0.2, 0.25) is 0 Å². The van der Waals surface area contributed by atoms with Crippen molar-refractivity contribution >= 4 is 17.3 Å². The van der Waals surface area contributed by atoms with Gasteiger partial charge in [-0.3, -0.25) is 0 Å². The van der Waals surface area contributed by atoms with Crippen LogP contribution in [0.25, 0.3) is 0 Å². The van der Waals surface area contributed by atoms with Gasteiger partial charge in [-0.15, -0.1) is 0 Å². The summed E-state index contributed by atoms with van der Waals surface area (Å²) in [6.07, 6.45) is 4.81. The predicted molar refractivity (Wildman–Crippen MR) is 83.1 cm³/mol. The highest BCUT2D eigenvalue weighted by atomic mass is 32.1. The first-order valence-electron chi connectivity index (χ1n) is 7.51.